The fraction of sp³-hybridized carbons (Fsp3) is 0.125. The molecule has 128 valence electrons. The average Bonchev–Trinajstić information content (AvgIpc) is 2.71. The third kappa shape index (κ3) is 3.31. The Morgan fingerprint density at radius 2 is 1.38 bits per heavy atom. The number of aryl methyl sites for hydroxylation is 2. The molecule has 0 spiro atoms. The molecule has 1 heterocycles. The van der Waals surface area contributed by atoms with Crippen LogP contribution in [0.15, 0.2) is 95.8 Å². The van der Waals surface area contributed by atoms with E-state index in [9.17, 15) is 4.79 Å². The maximum atomic E-state index is 12.6. The molecule has 4 aromatic rings. The highest BCUT2D eigenvalue weighted by atomic mass is 16.1. The van der Waals surface area contributed by atoms with Gasteiger partial charge in [0, 0.05) is 18.0 Å². The molecule has 0 aliphatic carbocycles. The van der Waals surface area contributed by atoms with Gasteiger partial charge in [-0.15, -0.1) is 0 Å². The first kappa shape index (κ1) is 16.3. The Labute approximate surface area is 153 Å². The lowest BCUT2D eigenvalue weighted by atomic mass is 10.1. The van der Waals surface area contributed by atoms with Gasteiger partial charge in [-0.05, 0) is 36.1 Å². The predicted molar refractivity (Wildman–Crippen MR) is 108 cm³/mol. The van der Waals surface area contributed by atoms with E-state index < -0.39 is 0 Å². The second-order valence-corrected chi connectivity index (χ2v) is 6.52. The van der Waals surface area contributed by atoms with E-state index in [2.05, 4.69) is 41.0 Å². The number of hydrogen-bond acceptors (Lipinski definition) is 1. The Balaban J connectivity index is 1.75. The van der Waals surface area contributed by atoms with Crippen LogP contribution in [-0.2, 0) is 13.0 Å². The molecular formula is C24H21NO. The predicted octanol–water partition coefficient (Wildman–Crippen LogP) is 5.30. The third-order valence-electron chi connectivity index (χ3n) is 4.78. The minimum absolute atomic E-state index is 0.0822. The Morgan fingerprint density at radius 3 is 2.15 bits per heavy atom. The van der Waals surface area contributed by atoms with Crippen molar-refractivity contribution >= 4 is 10.9 Å². The number of para-hydroxylation sites is 1. The molecule has 0 atom stereocenters. The van der Waals surface area contributed by atoms with Crippen molar-refractivity contribution in [1.29, 1.82) is 0 Å². The minimum atomic E-state index is 0.0822. The molecule has 0 saturated carbocycles. The molecule has 0 amide bonds. The van der Waals surface area contributed by atoms with Crippen LogP contribution in [-0.4, -0.2) is 4.57 Å². The standard InChI is InChI=1S/C24H21NO/c26-24-18-23(20-13-5-2-6-14-20)25(22-16-8-7-15-21(22)24)17-9-12-19-10-3-1-4-11-19/h1-8,10-11,13-16,18H,9,12,17H2. The van der Waals surface area contributed by atoms with Crippen LogP contribution in [0, 0.1) is 0 Å². The van der Waals surface area contributed by atoms with Crippen molar-refractivity contribution in [3.63, 3.8) is 0 Å². The van der Waals surface area contributed by atoms with Gasteiger partial charge in [0.1, 0.15) is 0 Å². The first-order chi connectivity index (χ1) is 12.8. The molecule has 0 unspecified atom stereocenters. The molecule has 26 heavy (non-hydrogen) atoms. The SMILES string of the molecule is O=c1cc(-c2ccccc2)n(CCCc2ccccc2)c2ccccc12. The van der Waals surface area contributed by atoms with Gasteiger partial charge in [0.05, 0.1) is 11.2 Å². The van der Waals surface area contributed by atoms with Gasteiger partial charge in [-0.1, -0.05) is 72.8 Å². The van der Waals surface area contributed by atoms with E-state index in [1.54, 1.807) is 6.07 Å². The number of nitrogens with zero attached hydrogens (tertiary/aromatic N) is 1. The first-order valence-corrected chi connectivity index (χ1v) is 9.05. The normalized spacial score (nSPS) is 10.9. The van der Waals surface area contributed by atoms with Crippen molar-refractivity contribution < 1.29 is 0 Å². The van der Waals surface area contributed by atoms with Crippen molar-refractivity contribution in [2.24, 2.45) is 0 Å². The summed E-state index contributed by atoms with van der Waals surface area (Å²) in [6.07, 6.45) is 2.05. The molecule has 2 heteroatoms. The van der Waals surface area contributed by atoms with Gasteiger partial charge in [0.25, 0.3) is 0 Å². The van der Waals surface area contributed by atoms with Crippen LogP contribution < -0.4 is 5.43 Å². The molecule has 0 aliphatic heterocycles. The lowest BCUT2D eigenvalue weighted by molar-refractivity contribution is 0.662. The third-order valence-corrected chi connectivity index (χ3v) is 4.78. The van der Waals surface area contributed by atoms with Gasteiger partial charge >= 0.3 is 0 Å². The number of aromatic nitrogens is 1. The van der Waals surface area contributed by atoms with Gasteiger partial charge in [-0.3, -0.25) is 4.79 Å². The van der Waals surface area contributed by atoms with E-state index in [0.29, 0.717) is 0 Å². The first-order valence-electron chi connectivity index (χ1n) is 9.05. The highest BCUT2D eigenvalue weighted by Gasteiger charge is 2.10. The van der Waals surface area contributed by atoms with E-state index in [4.69, 9.17) is 0 Å². The lowest BCUT2D eigenvalue weighted by Crippen LogP contribution is -2.12. The maximum Gasteiger partial charge on any atom is 0.190 e. The van der Waals surface area contributed by atoms with E-state index in [0.717, 1.165) is 41.5 Å². The number of rotatable bonds is 5. The van der Waals surface area contributed by atoms with Crippen LogP contribution in [0.5, 0.6) is 0 Å². The number of hydrogen-bond donors (Lipinski definition) is 0. The molecule has 0 radical (unpaired) electrons. The zero-order chi connectivity index (χ0) is 17.8. The van der Waals surface area contributed by atoms with E-state index >= 15 is 0 Å². The number of pyridine rings is 1. The van der Waals surface area contributed by atoms with Crippen LogP contribution in [0.4, 0.5) is 0 Å². The zero-order valence-corrected chi connectivity index (χ0v) is 14.6. The Morgan fingerprint density at radius 1 is 0.731 bits per heavy atom. The van der Waals surface area contributed by atoms with Gasteiger partial charge in [-0.2, -0.15) is 0 Å². The summed E-state index contributed by atoms with van der Waals surface area (Å²) in [5.41, 5.74) is 4.50. The summed E-state index contributed by atoms with van der Waals surface area (Å²) < 4.78 is 2.29. The smallest absolute Gasteiger partial charge is 0.190 e. The zero-order valence-electron chi connectivity index (χ0n) is 14.6. The number of benzene rings is 3. The van der Waals surface area contributed by atoms with Crippen LogP contribution in [0.25, 0.3) is 22.2 Å². The number of fused-ring (bicyclic) bond motifs is 1. The molecular weight excluding hydrogens is 318 g/mol. The highest BCUT2D eigenvalue weighted by Crippen LogP contribution is 2.23. The van der Waals surface area contributed by atoms with Crippen LogP contribution in [0.3, 0.4) is 0 Å². The molecule has 0 bridgehead atoms. The monoisotopic (exact) mass is 339 g/mol. The van der Waals surface area contributed by atoms with Gasteiger partial charge in [0.2, 0.25) is 0 Å². The second kappa shape index (κ2) is 7.40. The molecule has 0 saturated heterocycles. The maximum absolute atomic E-state index is 12.6. The Hall–Kier alpha value is -3.13. The molecule has 0 fully saturated rings. The van der Waals surface area contributed by atoms with E-state index in [1.165, 1.54) is 5.56 Å². The summed E-state index contributed by atoms with van der Waals surface area (Å²) in [5.74, 6) is 0. The van der Waals surface area contributed by atoms with Crippen molar-refractivity contribution in [2.75, 3.05) is 0 Å². The van der Waals surface area contributed by atoms with Crippen molar-refractivity contribution in [3.8, 4) is 11.3 Å². The quantitative estimate of drug-likeness (QED) is 0.483. The summed E-state index contributed by atoms with van der Waals surface area (Å²) >= 11 is 0. The molecule has 1 aromatic heterocycles. The summed E-state index contributed by atoms with van der Waals surface area (Å²) in [6.45, 7) is 0.875. The Kier molecular flexibility index (Phi) is 4.65. The molecule has 4 rings (SSSR count). The minimum Gasteiger partial charge on any atom is -0.340 e. The lowest BCUT2D eigenvalue weighted by Gasteiger charge is -2.17. The van der Waals surface area contributed by atoms with Crippen molar-refractivity contribution in [3.05, 3.63) is 107 Å². The molecule has 2 nitrogen and oxygen atoms in total. The fourth-order valence-electron chi connectivity index (χ4n) is 3.50. The van der Waals surface area contributed by atoms with Crippen molar-refractivity contribution in [2.45, 2.75) is 19.4 Å². The average molecular weight is 339 g/mol. The highest BCUT2D eigenvalue weighted by molar-refractivity contribution is 5.82. The van der Waals surface area contributed by atoms with Crippen LogP contribution >= 0.6 is 0 Å². The molecule has 0 N–H and O–H groups in total. The fourth-order valence-corrected chi connectivity index (χ4v) is 3.50. The summed E-state index contributed by atoms with van der Waals surface area (Å²) in [4.78, 5) is 12.6. The second-order valence-electron chi connectivity index (χ2n) is 6.52. The van der Waals surface area contributed by atoms with Gasteiger partial charge < -0.3 is 4.57 Å². The summed E-state index contributed by atoms with van der Waals surface area (Å²) in [5, 5.41) is 0.784. The van der Waals surface area contributed by atoms with E-state index in [-0.39, 0.29) is 5.43 Å². The van der Waals surface area contributed by atoms with E-state index in [1.807, 2.05) is 48.5 Å². The van der Waals surface area contributed by atoms with Gasteiger partial charge in [0.15, 0.2) is 5.43 Å². The molecule has 3 aromatic carbocycles. The van der Waals surface area contributed by atoms with Gasteiger partial charge in [-0.25, -0.2) is 0 Å². The van der Waals surface area contributed by atoms with Crippen LogP contribution in [0.2, 0.25) is 0 Å². The topological polar surface area (TPSA) is 22.0 Å². The largest absolute Gasteiger partial charge is 0.340 e. The summed E-state index contributed by atoms with van der Waals surface area (Å²) in [7, 11) is 0. The van der Waals surface area contributed by atoms with Crippen LogP contribution in [0.1, 0.15) is 12.0 Å². The van der Waals surface area contributed by atoms with Crippen molar-refractivity contribution in [1.82, 2.24) is 4.57 Å². The molecule has 0 aliphatic rings. The summed E-state index contributed by atoms with van der Waals surface area (Å²) in [6, 6.07) is 30.4. The Bertz CT molecular complexity index is 1070.